The molecule has 2 aliphatic rings. The van der Waals surface area contributed by atoms with Gasteiger partial charge in [0.2, 0.25) is 0 Å². The van der Waals surface area contributed by atoms with Crippen LogP contribution in [-0.2, 0) is 0 Å². The van der Waals surface area contributed by atoms with Crippen molar-refractivity contribution in [1.82, 2.24) is 0 Å². The summed E-state index contributed by atoms with van der Waals surface area (Å²) in [4.78, 5) is 0. The van der Waals surface area contributed by atoms with Gasteiger partial charge in [-0.05, 0) is 45.9 Å². The average molecular weight is 748 g/mol. The Kier molecular flexibility index (Phi) is 12.2. The molecule has 0 aliphatic carbocycles. The third-order valence-electron chi connectivity index (χ3n) is 9.29. The van der Waals surface area contributed by atoms with E-state index < -0.39 is 31.3 Å². The molecule has 5 nitrogen and oxygen atoms in total. The van der Waals surface area contributed by atoms with Gasteiger partial charge in [0.05, 0.1) is 37.9 Å². The van der Waals surface area contributed by atoms with Crippen molar-refractivity contribution in [3.63, 3.8) is 0 Å². The van der Waals surface area contributed by atoms with Crippen LogP contribution in [0.15, 0.2) is 48.5 Å². The molecule has 264 valence electrons. The van der Waals surface area contributed by atoms with E-state index >= 15 is 0 Å². The zero-order valence-electron chi connectivity index (χ0n) is 34.7. The number of benzene rings is 2. The van der Waals surface area contributed by atoms with Gasteiger partial charge in [-0.15, -0.1) is 0 Å². The van der Waals surface area contributed by atoms with Gasteiger partial charge in [-0.2, -0.15) is 0 Å². The predicted molar refractivity (Wildman–Crippen MR) is 222 cm³/mol. The van der Waals surface area contributed by atoms with E-state index in [2.05, 4.69) is 189 Å². The summed E-state index contributed by atoms with van der Waals surface area (Å²) in [6.45, 7) is 49.2. The van der Waals surface area contributed by atoms with Crippen LogP contribution in [0.5, 0.6) is 0 Å². The Labute approximate surface area is 343 Å². The maximum atomic E-state index is 7.08. The molecule has 0 saturated carbocycles. The van der Waals surface area contributed by atoms with Crippen LogP contribution in [0.4, 0.5) is 22.7 Å². The molecule has 10 heteroatoms. The first-order valence-corrected chi connectivity index (χ1v) is 30.8. The number of para-hydroxylation sites is 4. The van der Waals surface area contributed by atoms with Crippen LogP contribution in [0.25, 0.3) is 4.65 Å². The standard InChI is InChI=1S/C38H70N5Si4.K/c1-35(2,3)27-40-31-23-19-20-24-32(31)41(28-36(4,5)6)46(40,44(13,14)15)39-47(45(16,17)18)42(29-37(7,8)9)33-25-21-22-26-34(33)43(47)30-38(10,11)12;/h19-26H,27-30H2,1-18H3;/q-1;+1. The molecular weight excluding hydrogens is 678 g/mol. The predicted octanol–water partition coefficient (Wildman–Crippen LogP) is 7.91. The van der Waals surface area contributed by atoms with E-state index in [1.54, 1.807) is 0 Å². The Morgan fingerprint density at radius 2 is 0.625 bits per heavy atom. The van der Waals surface area contributed by atoms with Gasteiger partial charge in [-0.3, -0.25) is 0 Å². The van der Waals surface area contributed by atoms with Crippen LogP contribution < -0.4 is 69.6 Å². The van der Waals surface area contributed by atoms with Crippen LogP contribution in [0, 0.1) is 21.7 Å². The largest absolute Gasteiger partial charge is 1.00 e. The van der Waals surface area contributed by atoms with Crippen LogP contribution in [0.1, 0.15) is 83.1 Å². The second kappa shape index (κ2) is 13.8. The van der Waals surface area contributed by atoms with Crippen LogP contribution in [0.2, 0.25) is 39.3 Å². The van der Waals surface area contributed by atoms with Crippen LogP contribution >= 0.6 is 0 Å². The van der Waals surface area contributed by atoms with Crippen molar-refractivity contribution in [1.29, 1.82) is 0 Å². The molecule has 0 atom stereocenters. The number of fused-ring (bicyclic) bond motifs is 2. The monoisotopic (exact) mass is 747 g/mol. The van der Waals surface area contributed by atoms with Crippen LogP contribution in [0.3, 0.4) is 0 Å². The van der Waals surface area contributed by atoms with E-state index in [0.717, 1.165) is 26.2 Å². The molecule has 0 radical (unpaired) electrons. The average Bonchev–Trinajstić information content (AvgIpc) is 3.24. The topological polar surface area (TPSA) is 27.1 Å². The molecule has 0 fully saturated rings. The summed E-state index contributed by atoms with van der Waals surface area (Å²) in [5, 5.41) is 0. The molecule has 0 N–H and O–H groups in total. The van der Waals surface area contributed by atoms with E-state index in [4.69, 9.17) is 4.65 Å². The van der Waals surface area contributed by atoms with Gasteiger partial charge in [-0.1, -0.05) is 147 Å². The quantitative estimate of drug-likeness (QED) is 0.257. The van der Waals surface area contributed by atoms with Crippen molar-refractivity contribution >= 4 is 54.1 Å². The molecule has 0 spiro atoms. The molecule has 2 heterocycles. The smallest absolute Gasteiger partial charge is 0.601 e. The normalized spacial score (nSPS) is 18.2. The van der Waals surface area contributed by atoms with E-state index in [1.165, 1.54) is 22.7 Å². The van der Waals surface area contributed by atoms with Crippen molar-refractivity contribution in [2.24, 2.45) is 21.7 Å². The first kappa shape index (κ1) is 42.5. The van der Waals surface area contributed by atoms with E-state index in [-0.39, 0.29) is 73.0 Å². The van der Waals surface area contributed by atoms with Gasteiger partial charge in [0.15, 0.2) is 0 Å². The van der Waals surface area contributed by atoms with Crippen molar-refractivity contribution in [3.05, 3.63) is 53.2 Å². The Balaban J connectivity index is 0.00000625. The minimum absolute atomic E-state index is 0. The summed E-state index contributed by atoms with van der Waals surface area (Å²) < 4.78 is 18.9. The molecular formula is C38H70KN5Si4. The molecule has 0 amide bonds. The second-order valence-corrected chi connectivity index (χ2v) is 49.1. The van der Waals surface area contributed by atoms with Gasteiger partial charge in [0, 0.05) is 26.2 Å². The van der Waals surface area contributed by atoms with Crippen LogP contribution in [-0.4, -0.2) is 57.5 Å². The summed E-state index contributed by atoms with van der Waals surface area (Å²) >= 11 is 0. The minimum atomic E-state index is -2.79. The number of nitrogens with zero attached hydrogens (tertiary/aromatic N) is 5. The molecule has 4 rings (SSSR count). The van der Waals surface area contributed by atoms with Crippen molar-refractivity contribution < 1.29 is 51.4 Å². The first-order chi connectivity index (χ1) is 21.0. The SMILES string of the molecule is CC(C)(C)CN1c2ccccc2N(CC(C)(C)C)[Si]1([N-][Si]1([Si](C)(C)C)N(CC(C)(C)C)c2ccccc2N1CC(C)(C)C)[Si](C)(C)C.[K+]. The van der Waals surface area contributed by atoms with Gasteiger partial charge >= 0.3 is 51.4 Å². The number of rotatable bonds is 8. The molecule has 2 aliphatic heterocycles. The fourth-order valence-corrected chi connectivity index (χ4v) is 44.9. The molecule has 2 aromatic rings. The molecule has 0 saturated heterocycles. The van der Waals surface area contributed by atoms with E-state index in [0.29, 0.717) is 0 Å². The third kappa shape index (κ3) is 8.33. The zero-order valence-corrected chi connectivity index (χ0v) is 41.8. The number of anilines is 4. The summed E-state index contributed by atoms with van der Waals surface area (Å²) in [5.41, 5.74) is 6.19. The molecule has 2 aromatic carbocycles. The summed E-state index contributed by atoms with van der Waals surface area (Å²) in [7, 11) is -9.67. The maximum Gasteiger partial charge on any atom is 1.00 e. The van der Waals surface area contributed by atoms with E-state index in [9.17, 15) is 0 Å². The molecule has 48 heavy (non-hydrogen) atoms. The summed E-state index contributed by atoms with van der Waals surface area (Å²) in [6, 6.07) is 18.8. The van der Waals surface area contributed by atoms with Gasteiger partial charge in [0.1, 0.15) is 16.2 Å². The number of hydrogen-bond donors (Lipinski definition) is 0. The van der Waals surface area contributed by atoms with Crippen molar-refractivity contribution in [2.75, 3.05) is 44.4 Å². The van der Waals surface area contributed by atoms with Gasteiger partial charge in [0.25, 0.3) is 0 Å². The molecule has 0 bridgehead atoms. The molecule has 0 aromatic heterocycles. The van der Waals surface area contributed by atoms with Gasteiger partial charge < -0.3 is 22.9 Å². The van der Waals surface area contributed by atoms with Crippen molar-refractivity contribution in [2.45, 2.75) is 122 Å². The zero-order chi connectivity index (χ0) is 35.8. The maximum absolute atomic E-state index is 7.08. The fourth-order valence-electron chi connectivity index (χ4n) is 7.90. The molecule has 0 unspecified atom stereocenters. The minimum Gasteiger partial charge on any atom is -0.601 e. The first-order valence-electron chi connectivity index (χ1n) is 18.1. The Morgan fingerprint density at radius 1 is 0.438 bits per heavy atom. The summed E-state index contributed by atoms with van der Waals surface area (Å²) in [5.74, 6) is 0. The van der Waals surface area contributed by atoms with Gasteiger partial charge in [-0.25, -0.2) is 0 Å². The Morgan fingerprint density at radius 3 is 0.771 bits per heavy atom. The Bertz CT molecular complexity index is 1230. The van der Waals surface area contributed by atoms with E-state index in [1.807, 2.05) is 0 Å². The summed E-state index contributed by atoms with van der Waals surface area (Å²) in [6.07, 6.45) is 0. The van der Waals surface area contributed by atoms with Crippen molar-refractivity contribution in [3.8, 4) is 0 Å². The number of hydrogen-bond acceptors (Lipinski definition) is 4. The second-order valence-electron chi connectivity index (χ2n) is 21.4. The fraction of sp³-hybridized carbons (Fsp3) is 0.684. The third-order valence-corrected chi connectivity index (χ3v) is 37.7. The Hall–Kier alpha value is 0.104.